The Balaban J connectivity index is 0.000000432. The molecule has 0 unspecified atom stereocenters. The Morgan fingerprint density at radius 3 is 2.11 bits per heavy atom. The fraction of sp³-hybridized carbons (Fsp3) is 0.320. The van der Waals surface area contributed by atoms with E-state index in [1.165, 1.54) is 31.0 Å². The van der Waals surface area contributed by atoms with Crippen LogP contribution in [0.5, 0.6) is 0 Å². The van der Waals surface area contributed by atoms with Crippen molar-refractivity contribution >= 4 is 28.0 Å². The van der Waals surface area contributed by atoms with Crippen LogP contribution in [-0.2, 0) is 30.7 Å². The first-order chi connectivity index (χ1) is 12.3. The molecule has 0 aliphatic heterocycles. The Bertz CT molecular complexity index is 779. The van der Waals surface area contributed by atoms with Gasteiger partial charge in [0.1, 0.15) is 0 Å². The van der Waals surface area contributed by atoms with Gasteiger partial charge in [-0.1, -0.05) is 61.6 Å². The zero-order valence-electron chi connectivity index (χ0n) is 17.4. The molecule has 0 N–H and O–H groups in total. The van der Waals surface area contributed by atoms with Gasteiger partial charge in [0.2, 0.25) is 0 Å². The largest absolute Gasteiger partial charge is 0.179 e. The molecule has 2 aliphatic rings. The van der Waals surface area contributed by atoms with Crippen LogP contribution < -0.4 is 0 Å². The average molecular weight is 493 g/mol. The minimum atomic E-state index is 0. The first-order valence-electron chi connectivity index (χ1n) is 9.16. The van der Waals surface area contributed by atoms with Gasteiger partial charge in [-0.15, -0.1) is 36.8 Å². The van der Waals surface area contributed by atoms with Crippen molar-refractivity contribution in [2.24, 2.45) is 5.41 Å². The fourth-order valence-electron chi connectivity index (χ4n) is 2.92. The van der Waals surface area contributed by atoms with E-state index in [4.69, 9.17) is 0 Å². The SMILES string of the molecule is CC(C)(C)C1=CC[C-]=C1.C[C](C)=[Zr+2].Cl.Cl.[c-]1cccc2c1Cc1ccccc1-2. The smallest absolute Gasteiger partial charge is 0.0253 e. The third kappa shape index (κ3) is 8.32. The Morgan fingerprint density at radius 1 is 0.964 bits per heavy atom. The van der Waals surface area contributed by atoms with Gasteiger partial charge in [0.15, 0.2) is 0 Å². The molecule has 0 radical (unpaired) electrons. The molecule has 0 heterocycles. The second-order valence-electron chi connectivity index (χ2n) is 7.86. The summed E-state index contributed by atoms with van der Waals surface area (Å²) in [6.07, 6.45) is 9.55. The molecule has 0 fully saturated rings. The molecule has 0 spiro atoms. The van der Waals surface area contributed by atoms with E-state index < -0.39 is 0 Å². The molecule has 2 aliphatic carbocycles. The maximum atomic E-state index is 3.30. The van der Waals surface area contributed by atoms with Gasteiger partial charge in [0, 0.05) is 0 Å². The minimum Gasteiger partial charge on any atom is -0.179 e. The molecule has 0 nitrogen and oxygen atoms in total. The van der Waals surface area contributed by atoms with Gasteiger partial charge in [0.05, 0.1) is 0 Å². The van der Waals surface area contributed by atoms with Crippen LogP contribution in [0.2, 0.25) is 0 Å². The zero-order valence-corrected chi connectivity index (χ0v) is 21.5. The van der Waals surface area contributed by atoms with Gasteiger partial charge in [-0.2, -0.15) is 41.5 Å². The normalized spacial score (nSPS) is 12.6. The minimum absolute atomic E-state index is 0. The van der Waals surface area contributed by atoms with Crippen LogP contribution in [0.3, 0.4) is 0 Å². The molecule has 0 saturated carbocycles. The summed E-state index contributed by atoms with van der Waals surface area (Å²) in [5.74, 6) is 0. The summed E-state index contributed by atoms with van der Waals surface area (Å²) >= 11 is 1.55. The van der Waals surface area contributed by atoms with E-state index in [1.807, 2.05) is 6.07 Å². The number of hydrogen-bond donors (Lipinski definition) is 0. The van der Waals surface area contributed by atoms with Crippen LogP contribution in [-0.4, -0.2) is 3.21 Å². The predicted molar refractivity (Wildman–Crippen MR) is 124 cm³/mol. The first-order valence-corrected chi connectivity index (χ1v) is 10.4. The van der Waals surface area contributed by atoms with E-state index in [-0.39, 0.29) is 24.8 Å². The molecule has 0 bridgehead atoms. The van der Waals surface area contributed by atoms with Crippen LogP contribution in [0.25, 0.3) is 11.1 Å². The van der Waals surface area contributed by atoms with Gasteiger partial charge < -0.3 is 0 Å². The van der Waals surface area contributed by atoms with E-state index in [9.17, 15) is 0 Å². The van der Waals surface area contributed by atoms with Crippen molar-refractivity contribution in [3.05, 3.63) is 83.5 Å². The van der Waals surface area contributed by atoms with Crippen LogP contribution in [0.4, 0.5) is 0 Å². The molecule has 28 heavy (non-hydrogen) atoms. The predicted octanol–water partition coefficient (Wildman–Crippen LogP) is 7.37. The molecule has 0 aromatic heterocycles. The number of halogens is 2. The van der Waals surface area contributed by atoms with Crippen molar-refractivity contribution in [3.8, 4) is 11.1 Å². The third-order valence-corrected chi connectivity index (χ3v) is 4.18. The van der Waals surface area contributed by atoms with Crippen molar-refractivity contribution in [3.63, 3.8) is 0 Å². The first kappa shape index (κ1) is 27.3. The summed E-state index contributed by atoms with van der Waals surface area (Å²) in [4.78, 5) is 0. The van der Waals surface area contributed by atoms with Crippen LogP contribution in [0.15, 0.2) is 60.2 Å². The Labute approximate surface area is 198 Å². The molecule has 148 valence electrons. The molecular formula is C25H30Cl2Zr. The summed E-state index contributed by atoms with van der Waals surface area (Å²) in [5.41, 5.74) is 7.25. The molecule has 3 heteroatoms. The van der Waals surface area contributed by atoms with E-state index in [2.05, 4.69) is 95.3 Å². The maximum Gasteiger partial charge on any atom is -0.0253 e. The van der Waals surface area contributed by atoms with Gasteiger partial charge in [-0.25, -0.2) is 6.08 Å². The van der Waals surface area contributed by atoms with Gasteiger partial charge in [0.25, 0.3) is 0 Å². The number of benzene rings is 2. The summed E-state index contributed by atoms with van der Waals surface area (Å²) in [6.45, 7) is 10.9. The van der Waals surface area contributed by atoms with E-state index in [0.717, 1.165) is 12.8 Å². The van der Waals surface area contributed by atoms with Crippen LogP contribution in [0.1, 0.15) is 52.2 Å². The molecule has 4 rings (SSSR count). The zero-order chi connectivity index (χ0) is 19.2. The Morgan fingerprint density at radius 2 is 1.57 bits per heavy atom. The molecular weight excluding hydrogens is 462 g/mol. The summed E-state index contributed by atoms with van der Waals surface area (Å²) < 4.78 is 1.51. The average Bonchev–Trinajstić information content (AvgIpc) is 3.22. The van der Waals surface area contributed by atoms with Crippen molar-refractivity contribution in [2.75, 3.05) is 0 Å². The van der Waals surface area contributed by atoms with Crippen molar-refractivity contribution in [1.82, 2.24) is 0 Å². The van der Waals surface area contributed by atoms with Crippen molar-refractivity contribution in [2.45, 2.75) is 47.5 Å². The summed E-state index contributed by atoms with van der Waals surface area (Å²) in [5, 5.41) is 0. The monoisotopic (exact) mass is 490 g/mol. The maximum absolute atomic E-state index is 3.30. The van der Waals surface area contributed by atoms with Gasteiger partial charge >= 0.3 is 41.3 Å². The van der Waals surface area contributed by atoms with E-state index in [0.29, 0.717) is 5.41 Å². The standard InChI is InChI=1S/C13H9.C9H13.C3H6.2ClH.Zr/c1-3-7-12-10(5-1)9-11-6-2-4-8-13(11)12;1-9(2,3)8-6-4-5-7-8;1-3-2;;;/h1-5,7-8H,9H2;6-7H,4H2,1-3H3;1-2H3;2*1H;/q2*-1;;;;+2. The van der Waals surface area contributed by atoms with Gasteiger partial charge in [-0.05, 0) is 6.42 Å². The molecule has 2 aromatic carbocycles. The van der Waals surface area contributed by atoms with E-state index in [1.54, 1.807) is 24.2 Å². The number of hydrogen-bond acceptors (Lipinski definition) is 0. The molecule has 0 amide bonds. The van der Waals surface area contributed by atoms with Crippen molar-refractivity contribution < 1.29 is 24.2 Å². The topological polar surface area (TPSA) is 0 Å². The Kier molecular flexibility index (Phi) is 12.4. The van der Waals surface area contributed by atoms with Crippen molar-refractivity contribution in [1.29, 1.82) is 0 Å². The van der Waals surface area contributed by atoms with Crippen LogP contribution in [0, 0.1) is 17.6 Å². The molecule has 2 aromatic rings. The second-order valence-corrected chi connectivity index (χ2v) is 10.3. The summed E-state index contributed by atoms with van der Waals surface area (Å²) in [6, 6.07) is 18.1. The number of fused-ring (bicyclic) bond motifs is 3. The quantitative estimate of drug-likeness (QED) is 0.288. The summed E-state index contributed by atoms with van der Waals surface area (Å²) in [7, 11) is 0. The van der Waals surface area contributed by atoms with E-state index >= 15 is 0 Å². The fourth-order valence-corrected chi connectivity index (χ4v) is 2.92. The molecule has 0 atom stereocenters. The van der Waals surface area contributed by atoms with Crippen LogP contribution >= 0.6 is 24.8 Å². The Hall–Kier alpha value is -0.747. The molecule has 0 saturated heterocycles. The third-order valence-electron chi connectivity index (χ3n) is 4.18. The second kappa shape index (κ2) is 12.7. The van der Waals surface area contributed by atoms with Gasteiger partial charge in [-0.3, -0.25) is 6.08 Å². The number of rotatable bonds is 0. The number of allylic oxidation sites excluding steroid dienone is 4.